The van der Waals surface area contributed by atoms with E-state index in [2.05, 4.69) is 15.9 Å². The van der Waals surface area contributed by atoms with Crippen molar-refractivity contribution in [2.45, 2.75) is 10.1 Å². The molecule has 1 N–H and O–H groups in total. The lowest BCUT2D eigenvalue weighted by molar-refractivity contribution is -0.193. The van der Waals surface area contributed by atoms with Gasteiger partial charge in [-0.3, -0.25) is 4.79 Å². The van der Waals surface area contributed by atoms with E-state index in [1.807, 2.05) is 0 Å². The molecular weight excluding hydrogens is 288 g/mol. The highest BCUT2D eigenvalue weighted by Crippen LogP contribution is 3.04. The summed E-state index contributed by atoms with van der Waals surface area (Å²) in [4.78, 5) is 11.6. The molecule has 1 spiro atoms. The predicted octanol–water partition coefficient (Wildman–Crippen LogP) is 0.699. The highest BCUT2D eigenvalue weighted by Gasteiger charge is 3.10. The van der Waals surface area contributed by atoms with Gasteiger partial charge in [0.05, 0.1) is 23.0 Å². The van der Waals surface area contributed by atoms with Gasteiger partial charge >= 0.3 is 5.97 Å². The second-order valence-corrected chi connectivity index (χ2v) is 7.84. The molecule has 8 atom stereocenters. The van der Waals surface area contributed by atoms with E-state index in [1.54, 1.807) is 0 Å². The second-order valence-electron chi connectivity index (χ2n) is 6.53. The minimum atomic E-state index is -0.568. The molecule has 1 heterocycles. The first-order valence-electron chi connectivity index (χ1n) is 6.33. The molecule has 0 aromatic carbocycles. The average molecular weight is 299 g/mol. The Morgan fingerprint density at radius 1 is 1.18 bits per heavy atom. The largest absolute Gasteiger partial charge is 0.481 e. The number of carboxylic acid groups (broad SMARTS) is 1. The van der Waals surface area contributed by atoms with Gasteiger partial charge in [-0.15, -0.1) is 0 Å². The van der Waals surface area contributed by atoms with Crippen LogP contribution in [-0.2, 0) is 14.3 Å². The maximum atomic E-state index is 11.6. The van der Waals surface area contributed by atoms with Gasteiger partial charge in [-0.2, -0.15) is 0 Å². The number of ether oxygens (including phenoxy) is 2. The lowest BCUT2D eigenvalue weighted by Crippen LogP contribution is -2.50. The fourth-order valence-corrected chi connectivity index (χ4v) is 8.56. The van der Waals surface area contributed by atoms with E-state index in [-0.39, 0.29) is 10.2 Å². The molecule has 7 fully saturated rings. The zero-order valence-electron chi connectivity index (χ0n) is 8.93. The normalized spacial score (nSPS) is 73.5. The third-order valence-electron chi connectivity index (χ3n) is 6.74. The number of hydrogen-bond donors (Lipinski definition) is 1. The highest BCUT2D eigenvalue weighted by molar-refractivity contribution is 9.10. The Morgan fingerprint density at radius 3 is 2.29 bits per heavy atom. The third-order valence-corrected chi connectivity index (χ3v) is 8.32. The van der Waals surface area contributed by atoms with Crippen molar-refractivity contribution < 1.29 is 19.4 Å². The molecule has 0 radical (unpaired) electrons. The van der Waals surface area contributed by atoms with Crippen LogP contribution in [-0.4, -0.2) is 34.4 Å². The number of rotatable bonds is 1. The molecule has 1 saturated heterocycles. The molecule has 7 aliphatic rings. The standard InChI is InChI=1S/C12H11BrO4/c13-11-5-3-4(5)10(9(14)15)7(8(10)11)6(3)12(11)16-1-2-17-12/h3-8H,1-2H2,(H,14,15)/t3-,4-,5-,6-,7-,8-,10+,11+/m1/s1. The summed E-state index contributed by atoms with van der Waals surface area (Å²) in [6, 6.07) is 0. The number of halogens is 1. The van der Waals surface area contributed by atoms with Crippen LogP contribution in [0.3, 0.4) is 0 Å². The van der Waals surface area contributed by atoms with Gasteiger partial charge in [-0.1, -0.05) is 15.9 Å². The average Bonchev–Trinajstić information content (AvgIpc) is 2.97. The van der Waals surface area contributed by atoms with Gasteiger partial charge in [0.2, 0.25) is 0 Å². The quantitative estimate of drug-likeness (QED) is 0.724. The topological polar surface area (TPSA) is 55.8 Å². The first kappa shape index (κ1) is 8.88. The van der Waals surface area contributed by atoms with Crippen LogP contribution in [0.5, 0.6) is 0 Å². The van der Waals surface area contributed by atoms with Crippen LogP contribution in [0, 0.1) is 40.9 Å². The SMILES string of the molecule is O=C(O)[C@@]12[C@@H]3[C@H]4[C@@H]5[C@@H]1[C@H]2[C@@](Br)([C@H]43)C51OCCO1. The van der Waals surface area contributed by atoms with E-state index in [1.165, 1.54) is 0 Å². The Kier molecular flexibility index (Phi) is 0.998. The van der Waals surface area contributed by atoms with Crippen LogP contribution in [0.1, 0.15) is 0 Å². The molecule has 7 rings (SSSR count). The Bertz CT molecular complexity index is 515. The van der Waals surface area contributed by atoms with Crippen LogP contribution in [0.25, 0.3) is 0 Å². The summed E-state index contributed by atoms with van der Waals surface area (Å²) in [5, 5.41) is 9.59. The maximum absolute atomic E-state index is 11.6. The number of aliphatic carboxylic acids is 1. The first-order chi connectivity index (χ1) is 8.13. The Labute approximate surface area is 106 Å². The van der Waals surface area contributed by atoms with Crippen molar-refractivity contribution in [3.05, 3.63) is 0 Å². The molecule has 5 heteroatoms. The number of carbonyl (C=O) groups is 1. The van der Waals surface area contributed by atoms with Gasteiger partial charge in [0.25, 0.3) is 0 Å². The molecule has 0 aromatic rings. The monoisotopic (exact) mass is 298 g/mol. The Balaban J connectivity index is 1.63. The van der Waals surface area contributed by atoms with E-state index in [0.29, 0.717) is 42.8 Å². The molecule has 4 nitrogen and oxygen atoms in total. The zero-order chi connectivity index (χ0) is 11.4. The summed E-state index contributed by atoms with van der Waals surface area (Å²) >= 11 is 3.90. The van der Waals surface area contributed by atoms with E-state index in [4.69, 9.17) is 9.47 Å². The van der Waals surface area contributed by atoms with Crippen molar-refractivity contribution in [3.63, 3.8) is 0 Å². The van der Waals surface area contributed by atoms with E-state index in [0.717, 1.165) is 0 Å². The van der Waals surface area contributed by atoms with Crippen molar-refractivity contribution in [1.29, 1.82) is 0 Å². The van der Waals surface area contributed by atoms with Crippen molar-refractivity contribution >= 4 is 21.9 Å². The van der Waals surface area contributed by atoms with Gasteiger partial charge in [0.1, 0.15) is 0 Å². The van der Waals surface area contributed by atoms with Crippen LogP contribution in [0.15, 0.2) is 0 Å². The fourth-order valence-electron chi connectivity index (χ4n) is 6.82. The Hall–Kier alpha value is -0.130. The molecule has 0 aromatic heterocycles. The number of alkyl halides is 1. The fraction of sp³-hybridized carbons (Fsp3) is 0.917. The summed E-state index contributed by atoms with van der Waals surface area (Å²) in [6.07, 6.45) is 0. The van der Waals surface area contributed by atoms with Crippen LogP contribution in [0.2, 0.25) is 0 Å². The summed E-state index contributed by atoms with van der Waals surface area (Å²) in [7, 11) is 0. The minimum Gasteiger partial charge on any atom is -0.481 e. The van der Waals surface area contributed by atoms with Crippen molar-refractivity contribution in [2.75, 3.05) is 13.2 Å². The summed E-state index contributed by atoms with van der Waals surface area (Å²) in [5.41, 5.74) is -0.399. The summed E-state index contributed by atoms with van der Waals surface area (Å²) < 4.78 is 11.8. The molecule has 90 valence electrons. The maximum Gasteiger partial charge on any atom is 0.310 e. The van der Waals surface area contributed by atoms with E-state index in [9.17, 15) is 9.90 Å². The van der Waals surface area contributed by atoms with Crippen molar-refractivity contribution in [2.24, 2.45) is 40.9 Å². The molecule has 2 bridgehead atoms. The van der Waals surface area contributed by atoms with Gasteiger partial charge in [-0.25, -0.2) is 0 Å². The molecule has 0 amide bonds. The van der Waals surface area contributed by atoms with Gasteiger partial charge in [0, 0.05) is 11.8 Å². The van der Waals surface area contributed by atoms with E-state index < -0.39 is 17.2 Å². The molecule has 6 saturated carbocycles. The first-order valence-corrected chi connectivity index (χ1v) is 7.13. The lowest BCUT2D eigenvalue weighted by atomic mass is 9.94. The number of carboxylic acids is 1. The third kappa shape index (κ3) is 0.479. The van der Waals surface area contributed by atoms with Crippen LogP contribution in [0.4, 0.5) is 0 Å². The van der Waals surface area contributed by atoms with Crippen LogP contribution >= 0.6 is 15.9 Å². The zero-order valence-corrected chi connectivity index (χ0v) is 10.5. The van der Waals surface area contributed by atoms with Gasteiger partial charge in [0.15, 0.2) is 5.79 Å². The van der Waals surface area contributed by atoms with Gasteiger partial charge < -0.3 is 14.6 Å². The highest BCUT2D eigenvalue weighted by atomic mass is 79.9. The molecule has 6 aliphatic carbocycles. The molecule has 0 unspecified atom stereocenters. The summed E-state index contributed by atoms with van der Waals surface area (Å²) in [6.45, 7) is 1.32. The van der Waals surface area contributed by atoms with Crippen molar-refractivity contribution in [3.8, 4) is 0 Å². The smallest absolute Gasteiger partial charge is 0.310 e. The Morgan fingerprint density at radius 2 is 1.88 bits per heavy atom. The second kappa shape index (κ2) is 1.91. The predicted molar refractivity (Wildman–Crippen MR) is 57.3 cm³/mol. The minimum absolute atomic E-state index is 0.181. The van der Waals surface area contributed by atoms with E-state index >= 15 is 0 Å². The molecule has 1 aliphatic heterocycles. The summed E-state index contributed by atoms with van der Waals surface area (Å²) in [5.74, 6) is 1.35. The van der Waals surface area contributed by atoms with Crippen LogP contribution < -0.4 is 0 Å². The number of hydrogen-bond acceptors (Lipinski definition) is 3. The van der Waals surface area contributed by atoms with Crippen molar-refractivity contribution in [1.82, 2.24) is 0 Å². The lowest BCUT2D eigenvalue weighted by Gasteiger charge is -2.37. The van der Waals surface area contributed by atoms with Gasteiger partial charge in [-0.05, 0) is 23.7 Å². The molecular formula is C12H11BrO4. The molecule has 17 heavy (non-hydrogen) atoms.